The van der Waals surface area contributed by atoms with Crippen molar-refractivity contribution < 1.29 is 4.79 Å². The van der Waals surface area contributed by atoms with Crippen LogP contribution in [0.25, 0.3) is 0 Å². The Morgan fingerprint density at radius 1 is 1.37 bits per heavy atom. The molecule has 0 unspecified atom stereocenters. The van der Waals surface area contributed by atoms with Gasteiger partial charge in [0.1, 0.15) is 5.56 Å². The predicted octanol–water partition coefficient (Wildman–Crippen LogP) is -0.581. The summed E-state index contributed by atoms with van der Waals surface area (Å²) in [4.78, 5) is 30.8. The van der Waals surface area contributed by atoms with Gasteiger partial charge in [0.25, 0.3) is 5.91 Å². The molecule has 19 heavy (non-hydrogen) atoms. The van der Waals surface area contributed by atoms with Gasteiger partial charge in [0.2, 0.25) is 0 Å². The number of carbonyl (C=O) groups excluding carboxylic acids is 1. The van der Waals surface area contributed by atoms with Gasteiger partial charge in [-0.1, -0.05) is 12.2 Å². The van der Waals surface area contributed by atoms with Crippen LogP contribution in [0.2, 0.25) is 0 Å². The van der Waals surface area contributed by atoms with Crippen LogP contribution in [0.1, 0.15) is 10.4 Å². The first-order valence-corrected chi connectivity index (χ1v) is 6.46. The number of hydrogen-bond donors (Lipinski definition) is 2. The number of piperazine rings is 1. The molecule has 0 aromatic carbocycles. The standard InChI is InChI=1S/C12H16N4O2S/c13-11(19)8-15-3-5-16(6-4-15)12(18)9-7-14-2-1-10(9)17/h1-2,7H,3-6,8H2,(H2,13,19)(H,14,17). The van der Waals surface area contributed by atoms with Gasteiger partial charge in [0.15, 0.2) is 5.43 Å². The molecule has 3 N–H and O–H groups in total. The summed E-state index contributed by atoms with van der Waals surface area (Å²) in [6.07, 6.45) is 2.96. The van der Waals surface area contributed by atoms with Gasteiger partial charge in [0, 0.05) is 51.2 Å². The minimum absolute atomic E-state index is 0.185. The molecule has 102 valence electrons. The summed E-state index contributed by atoms with van der Waals surface area (Å²) >= 11 is 4.86. The number of aromatic nitrogens is 1. The number of pyridine rings is 1. The van der Waals surface area contributed by atoms with E-state index in [-0.39, 0.29) is 16.9 Å². The fraction of sp³-hybridized carbons (Fsp3) is 0.417. The number of thiocarbonyl (C=S) groups is 1. The number of amides is 1. The third-order valence-corrected chi connectivity index (χ3v) is 3.22. The van der Waals surface area contributed by atoms with Gasteiger partial charge >= 0.3 is 0 Å². The molecule has 1 aromatic rings. The van der Waals surface area contributed by atoms with Crippen LogP contribution < -0.4 is 11.2 Å². The van der Waals surface area contributed by atoms with Gasteiger partial charge in [-0.15, -0.1) is 0 Å². The van der Waals surface area contributed by atoms with Gasteiger partial charge in [-0.2, -0.15) is 0 Å². The second-order valence-corrected chi connectivity index (χ2v) is 4.98. The Kier molecular flexibility index (Phi) is 4.28. The molecule has 0 radical (unpaired) electrons. The van der Waals surface area contributed by atoms with Gasteiger partial charge in [-0.3, -0.25) is 14.5 Å². The van der Waals surface area contributed by atoms with E-state index >= 15 is 0 Å². The smallest absolute Gasteiger partial charge is 0.259 e. The number of aromatic amines is 1. The highest BCUT2D eigenvalue weighted by Crippen LogP contribution is 2.05. The summed E-state index contributed by atoms with van der Waals surface area (Å²) in [6.45, 7) is 3.16. The van der Waals surface area contributed by atoms with Crippen molar-refractivity contribution >= 4 is 23.1 Å². The van der Waals surface area contributed by atoms with Crippen molar-refractivity contribution in [3.63, 3.8) is 0 Å². The third kappa shape index (κ3) is 3.39. The number of nitrogens with zero attached hydrogens (tertiary/aromatic N) is 2. The highest BCUT2D eigenvalue weighted by Gasteiger charge is 2.23. The molecule has 1 aliphatic heterocycles. The lowest BCUT2D eigenvalue weighted by molar-refractivity contribution is 0.0653. The molecule has 0 spiro atoms. The van der Waals surface area contributed by atoms with Crippen molar-refractivity contribution in [2.24, 2.45) is 5.73 Å². The molecule has 0 atom stereocenters. The third-order valence-electron chi connectivity index (χ3n) is 3.09. The zero-order chi connectivity index (χ0) is 13.8. The second kappa shape index (κ2) is 5.94. The molecule has 1 aromatic heterocycles. The van der Waals surface area contributed by atoms with Crippen LogP contribution in [0.5, 0.6) is 0 Å². The van der Waals surface area contributed by atoms with Crippen molar-refractivity contribution in [2.45, 2.75) is 0 Å². The zero-order valence-corrected chi connectivity index (χ0v) is 11.3. The van der Waals surface area contributed by atoms with Crippen LogP contribution in [0.15, 0.2) is 23.3 Å². The Labute approximate surface area is 116 Å². The van der Waals surface area contributed by atoms with Crippen LogP contribution in [-0.4, -0.2) is 58.4 Å². The Balaban J connectivity index is 1.98. The molecule has 0 aliphatic carbocycles. The Hall–Kier alpha value is -1.73. The number of H-pyrrole nitrogens is 1. The first-order valence-electron chi connectivity index (χ1n) is 6.05. The molecule has 0 saturated carbocycles. The average Bonchev–Trinajstić information content (AvgIpc) is 2.39. The first-order chi connectivity index (χ1) is 9.08. The maximum Gasteiger partial charge on any atom is 0.259 e. The first kappa shape index (κ1) is 13.7. The summed E-state index contributed by atoms with van der Waals surface area (Å²) in [6, 6.07) is 1.36. The summed E-state index contributed by atoms with van der Waals surface area (Å²) in [7, 11) is 0. The Morgan fingerprint density at radius 3 is 2.63 bits per heavy atom. The van der Waals surface area contributed by atoms with Crippen LogP contribution >= 0.6 is 12.2 Å². The maximum atomic E-state index is 12.2. The van der Waals surface area contributed by atoms with E-state index in [2.05, 4.69) is 9.88 Å². The van der Waals surface area contributed by atoms with Crippen molar-refractivity contribution in [1.82, 2.24) is 14.8 Å². The van der Waals surface area contributed by atoms with E-state index in [0.29, 0.717) is 37.7 Å². The number of nitrogens with two attached hydrogens (primary N) is 1. The molecule has 1 aliphatic rings. The van der Waals surface area contributed by atoms with Crippen LogP contribution in [-0.2, 0) is 0 Å². The molecular formula is C12H16N4O2S. The van der Waals surface area contributed by atoms with Crippen molar-refractivity contribution in [2.75, 3.05) is 32.7 Å². The SMILES string of the molecule is NC(=S)CN1CCN(C(=O)c2c[nH]ccc2=O)CC1. The lowest BCUT2D eigenvalue weighted by Gasteiger charge is -2.34. The van der Waals surface area contributed by atoms with Crippen LogP contribution in [0.3, 0.4) is 0 Å². The topological polar surface area (TPSA) is 82.4 Å². The number of rotatable bonds is 3. The minimum atomic E-state index is -0.255. The summed E-state index contributed by atoms with van der Waals surface area (Å²) in [5.41, 5.74) is 5.42. The molecule has 2 heterocycles. The minimum Gasteiger partial charge on any atom is -0.392 e. The van der Waals surface area contributed by atoms with Crippen molar-refractivity contribution in [3.8, 4) is 0 Å². The summed E-state index contributed by atoms with van der Waals surface area (Å²) < 4.78 is 0. The summed E-state index contributed by atoms with van der Waals surface area (Å²) in [5.74, 6) is -0.225. The monoisotopic (exact) mass is 280 g/mol. The molecular weight excluding hydrogens is 264 g/mol. The molecule has 1 amide bonds. The average molecular weight is 280 g/mol. The van der Waals surface area contributed by atoms with E-state index in [0.717, 1.165) is 0 Å². The van der Waals surface area contributed by atoms with Crippen LogP contribution in [0.4, 0.5) is 0 Å². The Bertz CT molecular complexity index is 535. The molecule has 1 fully saturated rings. The fourth-order valence-electron chi connectivity index (χ4n) is 2.08. The molecule has 1 saturated heterocycles. The van der Waals surface area contributed by atoms with E-state index in [1.54, 1.807) is 4.90 Å². The van der Waals surface area contributed by atoms with Crippen molar-refractivity contribution in [1.29, 1.82) is 0 Å². The molecule has 2 rings (SSSR count). The zero-order valence-electron chi connectivity index (χ0n) is 10.5. The second-order valence-electron chi connectivity index (χ2n) is 4.46. The number of carbonyl (C=O) groups is 1. The lowest BCUT2D eigenvalue weighted by Crippen LogP contribution is -2.51. The lowest BCUT2D eigenvalue weighted by atomic mass is 10.2. The maximum absolute atomic E-state index is 12.2. The quantitative estimate of drug-likeness (QED) is 0.724. The van der Waals surface area contributed by atoms with E-state index < -0.39 is 0 Å². The fourth-order valence-corrected chi connectivity index (χ4v) is 2.27. The summed E-state index contributed by atoms with van der Waals surface area (Å²) in [5, 5.41) is 0. The number of hydrogen-bond acceptors (Lipinski definition) is 4. The number of nitrogens with one attached hydrogen (secondary N) is 1. The normalized spacial score (nSPS) is 16.3. The van der Waals surface area contributed by atoms with E-state index in [1.807, 2.05) is 0 Å². The van der Waals surface area contributed by atoms with Gasteiger partial charge < -0.3 is 15.6 Å². The van der Waals surface area contributed by atoms with Gasteiger partial charge in [0.05, 0.1) is 4.99 Å². The van der Waals surface area contributed by atoms with Crippen molar-refractivity contribution in [3.05, 3.63) is 34.2 Å². The predicted molar refractivity (Wildman–Crippen MR) is 76.2 cm³/mol. The van der Waals surface area contributed by atoms with E-state index in [9.17, 15) is 9.59 Å². The van der Waals surface area contributed by atoms with E-state index in [1.165, 1.54) is 18.5 Å². The molecule has 6 nitrogen and oxygen atoms in total. The molecule has 0 bridgehead atoms. The highest BCUT2D eigenvalue weighted by atomic mass is 32.1. The Morgan fingerprint density at radius 2 is 2.05 bits per heavy atom. The molecule has 7 heteroatoms. The van der Waals surface area contributed by atoms with Gasteiger partial charge in [-0.05, 0) is 0 Å². The van der Waals surface area contributed by atoms with Crippen LogP contribution in [0, 0.1) is 0 Å². The van der Waals surface area contributed by atoms with E-state index in [4.69, 9.17) is 18.0 Å². The van der Waals surface area contributed by atoms with Gasteiger partial charge in [-0.25, -0.2) is 0 Å². The largest absolute Gasteiger partial charge is 0.392 e. The highest BCUT2D eigenvalue weighted by molar-refractivity contribution is 7.80.